The van der Waals surface area contributed by atoms with Crippen LogP contribution in [0.5, 0.6) is 5.75 Å². The Hall–Kier alpha value is -2.14. The molecule has 5 nitrogen and oxygen atoms in total. The number of aromatic nitrogens is 1. The monoisotopic (exact) mass is 288 g/mol. The normalized spacial score (nSPS) is 12.2. The molecule has 0 fully saturated rings. The summed E-state index contributed by atoms with van der Waals surface area (Å²) in [5.41, 5.74) is 2.12. The first-order valence-corrected chi connectivity index (χ1v) is 6.92. The zero-order chi connectivity index (χ0) is 15.4. The van der Waals surface area contributed by atoms with Crippen molar-refractivity contribution < 1.29 is 14.6 Å². The van der Waals surface area contributed by atoms with Gasteiger partial charge in [0.05, 0.1) is 18.2 Å². The Morgan fingerprint density at radius 2 is 2.19 bits per heavy atom. The lowest BCUT2D eigenvalue weighted by atomic mass is 10.1. The Balaban J connectivity index is 2.43. The summed E-state index contributed by atoms with van der Waals surface area (Å²) in [6.45, 7) is 3.77. The Labute approximate surface area is 124 Å². The van der Waals surface area contributed by atoms with Gasteiger partial charge in [0.1, 0.15) is 5.75 Å². The third kappa shape index (κ3) is 3.49. The smallest absolute Gasteiger partial charge is 0.252 e. The van der Waals surface area contributed by atoms with Crippen LogP contribution in [-0.2, 0) is 0 Å². The average Bonchev–Trinajstić information content (AvgIpc) is 2.46. The zero-order valence-electron chi connectivity index (χ0n) is 12.5. The number of methoxy groups -OCH3 is 1. The predicted molar refractivity (Wildman–Crippen MR) is 81.7 cm³/mol. The molecule has 2 N–H and O–H groups in total. The van der Waals surface area contributed by atoms with Crippen LogP contribution < -0.4 is 10.1 Å². The Morgan fingerprint density at radius 1 is 1.43 bits per heavy atom. The SMILES string of the molecule is COc1ccc2nc(C)cc(C(=O)NC(C)CCO)c2c1. The van der Waals surface area contributed by atoms with Crippen molar-refractivity contribution in [3.8, 4) is 5.75 Å². The number of carbonyl (C=O) groups is 1. The van der Waals surface area contributed by atoms with Crippen molar-refractivity contribution in [1.82, 2.24) is 10.3 Å². The highest BCUT2D eigenvalue weighted by atomic mass is 16.5. The van der Waals surface area contributed by atoms with Crippen molar-refractivity contribution in [1.29, 1.82) is 0 Å². The molecule has 21 heavy (non-hydrogen) atoms. The minimum Gasteiger partial charge on any atom is -0.497 e. The van der Waals surface area contributed by atoms with Crippen LogP contribution in [0, 0.1) is 6.92 Å². The molecule has 1 unspecified atom stereocenters. The van der Waals surface area contributed by atoms with Gasteiger partial charge in [-0.2, -0.15) is 0 Å². The minimum absolute atomic E-state index is 0.0470. The van der Waals surface area contributed by atoms with E-state index in [4.69, 9.17) is 9.84 Å². The second-order valence-electron chi connectivity index (χ2n) is 5.08. The number of aliphatic hydroxyl groups excluding tert-OH is 1. The van der Waals surface area contributed by atoms with Gasteiger partial charge in [-0.1, -0.05) is 0 Å². The van der Waals surface area contributed by atoms with E-state index >= 15 is 0 Å². The maximum absolute atomic E-state index is 12.4. The van der Waals surface area contributed by atoms with Crippen LogP contribution >= 0.6 is 0 Å². The number of ether oxygens (including phenoxy) is 1. The molecule has 5 heteroatoms. The molecule has 0 saturated carbocycles. The quantitative estimate of drug-likeness (QED) is 0.883. The molecule has 1 heterocycles. The van der Waals surface area contributed by atoms with Gasteiger partial charge in [0, 0.05) is 23.7 Å². The van der Waals surface area contributed by atoms with E-state index in [1.165, 1.54) is 0 Å². The van der Waals surface area contributed by atoms with E-state index in [0.29, 0.717) is 17.7 Å². The number of fused-ring (bicyclic) bond motifs is 1. The average molecular weight is 288 g/mol. The topological polar surface area (TPSA) is 71.5 Å². The van der Waals surface area contributed by atoms with Crippen molar-refractivity contribution in [2.75, 3.05) is 13.7 Å². The molecule has 1 amide bonds. The number of nitrogens with zero attached hydrogens (tertiary/aromatic N) is 1. The van der Waals surface area contributed by atoms with Gasteiger partial charge in [0.15, 0.2) is 0 Å². The van der Waals surface area contributed by atoms with E-state index in [0.717, 1.165) is 16.6 Å². The maximum Gasteiger partial charge on any atom is 0.252 e. The van der Waals surface area contributed by atoms with E-state index in [2.05, 4.69) is 10.3 Å². The highest BCUT2D eigenvalue weighted by Gasteiger charge is 2.14. The first-order chi connectivity index (χ1) is 10.0. The molecule has 1 aromatic carbocycles. The fraction of sp³-hybridized carbons (Fsp3) is 0.375. The highest BCUT2D eigenvalue weighted by molar-refractivity contribution is 6.06. The number of benzene rings is 1. The van der Waals surface area contributed by atoms with E-state index in [1.807, 2.05) is 32.0 Å². The molecule has 1 aromatic heterocycles. The number of aliphatic hydroxyl groups is 1. The van der Waals surface area contributed by atoms with Crippen LogP contribution in [0.3, 0.4) is 0 Å². The summed E-state index contributed by atoms with van der Waals surface area (Å²) >= 11 is 0. The maximum atomic E-state index is 12.4. The predicted octanol–water partition coefficient (Wildman–Crippen LogP) is 2.05. The molecular formula is C16H20N2O3. The van der Waals surface area contributed by atoms with Gasteiger partial charge < -0.3 is 15.2 Å². The number of amides is 1. The van der Waals surface area contributed by atoms with Gasteiger partial charge in [0.2, 0.25) is 0 Å². The molecule has 2 aromatic rings. The summed E-state index contributed by atoms with van der Waals surface area (Å²) in [4.78, 5) is 16.9. The number of hydrogen-bond donors (Lipinski definition) is 2. The fourth-order valence-electron chi connectivity index (χ4n) is 2.22. The molecule has 2 rings (SSSR count). The number of pyridine rings is 1. The first-order valence-electron chi connectivity index (χ1n) is 6.92. The van der Waals surface area contributed by atoms with Crippen molar-refractivity contribution in [2.45, 2.75) is 26.3 Å². The third-order valence-corrected chi connectivity index (χ3v) is 3.33. The molecule has 0 saturated heterocycles. The Bertz CT molecular complexity index is 655. The Morgan fingerprint density at radius 3 is 2.86 bits per heavy atom. The largest absolute Gasteiger partial charge is 0.497 e. The number of nitrogens with one attached hydrogen (secondary N) is 1. The summed E-state index contributed by atoms with van der Waals surface area (Å²) in [7, 11) is 1.59. The van der Waals surface area contributed by atoms with E-state index < -0.39 is 0 Å². The van der Waals surface area contributed by atoms with Crippen molar-refractivity contribution >= 4 is 16.8 Å². The Kier molecular flexibility index (Phi) is 4.75. The summed E-state index contributed by atoms with van der Waals surface area (Å²) in [5, 5.41) is 12.6. The van der Waals surface area contributed by atoms with Gasteiger partial charge in [-0.15, -0.1) is 0 Å². The summed E-state index contributed by atoms with van der Waals surface area (Å²) in [5.74, 6) is 0.519. The fourth-order valence-corrected chi connectivity index (χ4v) is 2.22. The lowest BCUT2D eigenvalue weighted by molar-refractivity contribution is 0.0936. The lowest BCUT2D eigenvalue weighted by Crippen LogP contribution is -2.33. The number of rotatable bonds is 5. The van der Waals surface area contributed by atoms with E-state index in [9.17, 15) is 4.79 Å². The van der Waals surface area contributed by atoms with E-state index in [-0.39, 0.29) is 18.6 Å². The zero-order valence-corrected chi connectivity index (χ0v) is 12.5. The lowest BCUT2D eigenvalue weighted by Gasteiger charge is -2.14. The van der Waals surface area contributed by atoms with Crippen LogP contribution in [0.1, 0.15) is 29.4 Å². The second kappa shape index (κ2) is 6.54. The van der Waals surface area contributed by atoms with Crippen LogP contribution in [0.2, 0.25) is 0 Å². The van der Waals surface area contributed by atoms with Crippen molar-refractivity contribution in [3.05, 3.63) is 35.5 Å². The van der Waals surface area contributed by atoms with Crippen LogP contribution in [0.4, 0.5) is 0 Å². The van der Waals surface area contributed by atoms with Crippen LogP contribution in [-0.4, -0.2) is 35.8 Å². The minimum atomic E-state index is -0.167. The third-order valence-electron chi connectivity index (χ3n) is 3.33. The molecule has 0 aliphatic carbocycles. The molecule has 0 spiro atoms. The van der Waals surface area contributed by atoms with Crippen molar-refractivity contribution in [3.63, 3.8) is 0 Å². The molecular weight excluding hydrogens is 268 g/mol. The van der Waals surface area contributed by atoms with Gasteiger partial charge >= 0.3 is 0 Å². The van der Waals surface area contributed by atoms with Gasteiger partial charge in [-0.05, 0) is 44.5 Å². The molecule has 0 radical (unpaired) electrons. The van der Waals surface area contributed by atoms with Gasteiger partial charge in [0.25, 0.3) is 5.91 Å². The molecule has 0 aliphatic rings. The van der Waals surface area contributed by atoms with Gasteiger partial charge in [-0.25, -0.2) is 0 Å². The van der Waals surface area contributed by atoms with Crippen LogP contribution in [0.15, 0.2) is 24.3 Å². The number of aryl methyl sites for hydroxylation is 1. The first kappa shape index (κ1) is 15.3. The summed E-state index contributed by atoms with van der Waals surface area (Å²) in [6.07, 6.45) is 0.525. The summed E-state index contributed by atoms with van der Waals surface area (Å²) < 4.78 is 5.21. The number of carbonyl (C=O) groups excluding carboxylic acids is 1. The molecule has 1 atom stereocenters. The molecule has 0 bridgehead atoms. The number of hydrogen-bond acceptors (Lipinski definition) is 4. The van der Waals surface area contributed by atoms with Gasteiger partial charge in [-0.3, -0.25) is 9.78 Å². The molecule has 112 valence electrons. The second-order valence-corrected chi connectivity index (χ2v) is 5.08. The standard InChI is InChI=1S/C16H20N2O3/c1-10(6-7-19)18-16(20)14-8-11(2)17-15-5-4-12(21-3)9-13(14)15/h4-5,8-10,19H,6-7H2,1-3H3,(H,18,20). The van der Waals surface area contributed by atoms with E-state index in [1.54, 1.807) is 13.2 Å². The van der Waals surface area contributed by atoms with Crippen molar-refractivity contribution in [2.24, 2.45) is 0 Å². The van der Waals surface area contributed by atoms with Crippen LogP contribution in [0.25, 0.3) is 10.9 Å². The molecule has 0 aliphatic heterocycles. The highest BCUT2D eigenvalue weighted by Crippen LogP contribution is 2.23. The summed E-state index contributed by atoms with van der Waals surface area (Å²) in [6, 6.07) is 7.16.